The molecular weight excluding hydrogens is 286 g/mol. The first-order valence-electron chi connectivity index (χ1n) is 6.39. The predicted octanol–water partition coefficient (Wildman–Crippen LogP) is 2.34. The average molecular weight is 303 g/mol. The van der Waals surface area contributed by atoms with E-state index in [0.717, 1.165) is 11.1 Å². The van der Waals surface area contributed by atoms with Gasteiger partial charge < -0.3 is 0 Å². The summed E-state index contributed by atoms with van der Waals surface area (Å²) in [6.45, 7) is 5.76. The largest absolute Gasteiger partial charge is 0.246 e. The van der Waals surface area contributed by atoms with Gasteiger partial charge in [0.05, 0.1) is 12.4 Å². The van der Waals surface area contributed by atoms with Crippen molar-refractivity contribution in [2.75, 3.05) is 13.6 Å². The highest BCUT2D eigenvalue weighted by molar-refractivity contribution is 7.89. The van der Waals surface area contributed by atoms with E-state index in [0.29, 0.717) is 5.82 Å². The molecule has 0 aliphatic rings. The first-order chi connectivity index (χ1) is 9.91. The minimum Gasteiger partial charge on any atom is -0.235 e. The van der Waals surface area contributed by atoms with Crippen molar-refractivity contribution in [3.63, 3.8) is 0 Å². The lowest BCUT2D eigenvalue weighted by Gasteiger charge is -2.16. The topological polar surface area (TPSA) is 63.2 Å². The molecule has 1 aromatic heterocycles. The van der Waals surface area contributed by atoms with E-state index in [4.69, 9.17) is 0 Å². The van der Waals surface area contributed by atoms with E-state index in [1.54, 1.807) is 6.92 Å². The zero-order chi connectivity index (χ0) is 15.5. The Labute approximate surface area is 125 Å². The van der Waals surface area contributed by atoms with Crippen LogP contribution in [0.4, 0.5) is 0 Å². The summed E-state index contributed by atoms with van der Waals surface area (Å²) in [5.74, 6) is 0.497. The molecule has 5 nitrogen and oxygen atoms in total. The van der Waals surface area contributed by atoms with E-state index in [1.165, 1.54) is 23.7 Å². The van der Waals surface area contributed by atoms with E-state index < -0.39 is 10.0 Å². The molecule has 0 aliphatic carbocycles. The van der Waals surface area contributed by atoms with Crippen LogP contribution >= 0.6 is 0 Å². The number of nitrogens with zero attached hydrogens (tertiary/aromatic N) is 3. The highest BCUT2D eigenvalue weighted by atomic mass is 32.2. The van der Waals surface area contributed by atoms with E-state index in [2.05, 4.69) is 16.5 Å². The molecule has 0 fully saturated rings. The molecule has 0 atom stereocenters. The SMILES string of the molecule is C=C(C)CN(C)S(=O)(=O)c1cnc(-c2ccccc2)nc1. The molecule has 0 spiro atoms. The molecule has 2 aromatic rings. The summed E-state index contributed by atoms with van der Waals surface area (Å²) in [5.41, 5.74) is 1.61. The maximum atomic E-state index is 12.3. The van der Waals surface area contributed by atoms with Crippen molar-refractivity contribution in [1.29, 1.82) is 0 Å². The Kier molecular flexibility index (Phi) is 4.50. The minimum absolute atomic E-state index is 0.0749. The Hall–Kier alpha value is -2.05. The standard InChI is InChI=1S/C15H17N3O2S/c1-12(2)11-18(3)21(19,20)14-9-16-15(17-10-14)13-7-5-4-6-8-13/h4-10H,1,11H2,2-3H3. The number of aromatic nitrogens is 2. The minimum atomic E-state index is -3.59. The van der Waals surface area contributed by atoms with Crippen LogP contribution in [0.5, 0.6) is 0 Å². The Morgan fingerprint density at radius 1 is 1.19 bits per heavy atom. The van der Waals surface area contributed by atoms with Crippen LogP contribution in [0.3, 0.4) is 0 Å². The molecule has 0 saturated heterocycles. The van der Waals surface area contributed by atoms with Gasteiger partial charge in [0.2, 0.25) is 10.0 Å². The third-order valence-electron chi connectivity index (χ3n) is 2.86. The van der Waals surface area contributed by atoms with Gasteiger partial charge in [-0.2, -0.15) is 4.31 Å². The summed E-state index contributed by atoms with van der Waals surface area (Å²) in [5, 5.41) is 0. The van der Waals surface area contributed by atoms with Crippen LogP contribution in [0.25, 0.3) is 11.4 Å². The molecule has 0 bridgehead atoms. The molecule has 0 unspecified atom stereocenters. The fraction of sp³-hybridized carbons (Fsp3) is 0.200. The monoisotopic (exact) mass is 303 g/mol. The smallest absolute Gasteiger partial charge is 0.235 e. The average Bonchev–Trinajstić information content (AvgIpc) is 2.47. The number of sulfonamides is 1. The summed E-state index contributed by atoms with van der Waals surface area (Å²) in [6, 6.07) is 9.40. The van der Waals surface area contributed by atoms with Crippen LogP contribution in [-0.4, -0.2) is 36.3 Å². The second-order valence-corrected chi connectivity index (χ2v) is 6.87. The van der Waals surface area contributed by atoms with E-state index in [-0.39, 0.29) is 11.4 Å². The second-order valence-electron chi connectivity index (χ2n) is 4.83. The van der Waals surface area contributed by atoms with Crippen molar-refractivity contribution >= 4 is 10.0 Å². The first-order valence-corrected chi connectivity index (χ1v) is 7.83. The molecule has 110 valence electrons. The predicted molar refractivity (Wildman–Crippen MR) is 82.1 cm³/mol. The Morgan fingerprint density at radius 2 is 1.76 bits per heavy atom. The van der Waals surface area contributed by atoms with Gasteiger partial charge in [-0.3, -0.25) is 0 Å². The third-order valence-corrected chi connectivity index (χ3v) is 4.62. The summed E-state index contributed by atoms with van der Waals surface area (Å²) in [6.07, 6.45) is 2.67. The molecular formula is C15H17N3O2S. The van der Waals surface area contributed by atoms with Gasteiger partial charge in [0.15, 0.2) is 5.82 Å². The van der Waals surface area contributed by atoms with Crippen molar-refractivity contribution in [2.24, 2.45) is 0 Å². The Bertz CT molecular complexity index is 725. The number of benzene rings is 1. The number of likely N-dealkylation sites (N-methyl/N-ethyl adjacent to an activating group) is 1. The molecule has 0 amide bonds. The van der Waals surface area contributed by atoms with Gasteiger partial charge in [0.1, 0.15) is 4.90 Å². The van der Waals surface area contributed by atoms with E-state index >= 15 is 0 Å². The van der Waals surface area contributed by atoms with Crippen LogP contribution in [0.1, 0.15) is 6.92 Å². The molecule has 1 heterocycles. The first kappa shape index (κ1) is 15.3. The molecule has 1 aromatic carbocycles. The fourth-order valence-corrected chi connectivity index (χ4v) is 2.95. The maximum absolute atomic E-state index is 12.3. The summed E-state index contributed by atoms with van der Waals surface area (Å²) in [4.78, 5) is 8.35. The van der Waals surface area contributed by atoms with Gasteiger partial charge in [0.25, 0.3) is 0 Å². The van der Waals surface area contributed by atoms with E-state index in [1.807, 2.05) is 30.3 Å². The van der Waals surface area contributed by atoms with Gasteiger partial charge in [-0.25, -0.2) is 18.4 Å². The second kappa shape index (κ2) is 6.15. The van der Waals surface area contributed by atoms with Crippen LogP contribution < -0.4 is 0 Å². The van der Waals surface area contributed by atoms with Gasteiger partial charge in [0, 0.05) is 19.2 Å². The quantitative estimate of drug-likeness (QED) is 0.795. The highest BCUT2D eigenvalue weighted by Crippen LogP contribution is 2.17. The van der Waals surface area contributed by atoms with Crippen LogP contribution in [0.15, 0.2) is 59.8 Å². The van der Waals surface area contributed by atoms with Crippen molar-refractivity contribution in [3.8, 4) is 11.4 Å². The van der Waals surface area contributed by atoms with Gasteiger partial charge in [-0.1, -0.05) is 42.5 Å². The van der Waals surface area contributed by atoms with Gasteiger partial charge in [-0.15, -0.1) is 0 Å². The molecule has 6 heteroatoms. The number of hydrogen-bond donors (Lipinski definition) is 0. The number of rotatable bonds is 5. The van der Waals surface area contributed by atoms with Crippen LogP contribution in [-0.2, 0) is 10.0 Å². The normalized spacial score (nSPS) is 11.6. The van der Waals surface area contributed by atoms with Crippen molar-refractivity contribution in [3.05, 3.63) is 54.9 Å². The summed E-state index contributed by atoms with van der Waals surface area (Å²) < 4.78 is 25.9. The zero-order valence-corrected chi connectivity index (χ0v) is 12.8. The summed E-state index contributed by atoms with van der Waals surface area (Å²) >= 11 is 0. The number of hydrogen-bond acceptors (Lipinski definition) is 4. The Morgan fingerprint density at radius 3 is 2.29 bits per heavy atom. The summed E-state index contributed by atoms with van der Waals surface area (Å²) in [7, 11) is -2.08. The van der Waals surface area contributed by atoms with Crippen LogP contribution in [0.2, 0.25) is 0 Å². The van der Waals surface area contributed by atoms with Crippen molar-refractivity contribution in [1.82, 2.24) is 14.3 Å². The lowest BCUT2D eigenvalue weighted by atomic mass is 10.2. The van der Waals surface area contributed by atoms with Crippen LogP contribution in [0, 0.1) is 0 Å². The molecule has 0 N–H and O–H groups in total. The fourth-order valence-electron chi connectivity index (χ4n) is 1.83. The lowest BCUT2D eigenvalue weighted by molar-refractivity contribution is 0.492. The van der Waals surface area contributed by atoms with E-state index in [9.17, 15) is 8.42 Å². The van der Waals surface area contributed by atoms with Crippen molar-refractivity contribution in [2.45, 2.75) is 11.8 Å². The van der Waals surface area contributed by atoms with Gasteiger partial charge in [-0.05, 0) is 6.92 Å². The molecule has 2 rings (SSSR count). The molecule has 0 radical (unpaired) electrons. The van der Waals surface area contributed by atoms with Gasteiger partial charge >= 0.3 is 0 Å². The molecule has 0 saturated carbocycles. The Balaban J connectivity index is 2.28. The third kappa shape index (κ3) is 3.53. The van der Waals surface area contributed by atoms with Crippen molar-refractivity contribution < 1.29 is 8.42 Å². The zero-order valence-electron chi connectivity index (χ0n) is 12.0. The maximum Gasteiger partial charge on any atom is 0.246 e. The highest BCUT2D eigenvalue weighted by Gasteiger charge is 2.21. The molecule has 21 heavy (non-hydrogen) atoms. The lowest BCUT2D eigenvalue weighted by Crippen LogP contribution is -2.28. The molecule has 0 aliphatic heterocycles.